The number of benzene rings is 2. The number of hydrogen-bond donors (Lipinski definition) is 3. The van der Waals surface area contributed by atoms with Gasteiger partial charge in [0.15, 0.2) is 0 Å². The highest BCUT2D eigenvalue weighted by Gasteiger charge is 2.09. The van der Waals surface area contributed by atoms with Crippen molar-refractivity contribution in [2.45, 2.75) is 45.6 Å². The number of aromatic nitrogens is 2. The van der Waals surface area contributed by atoms with Gasteiger partial charge in [-0.1, -0.05) is 36.8 Å². The Morgan fingerprint density at radius 1 is 0.931 bits per heavy atom. The van der Waals surface area contributed by atoms with Gasteiger partial charge in [-0.3, -0.25) is 4.79 Å². The highest BCUT2D eigenvalue weighted by Crippen LogP contribution is 2.26. The van der Waals surface area contributed by atoms with Crippen LogP contribution in [0.2, 0.25) is 0 Å². The number of nitrogens with zero attached hydrogens (tertiary/aromatic N) is 1. The zero-order valence-electron chi connectivity index (χ0n) is 17.4. The second kappa shape index (κ2) is 10.4. The van der Waals surface area contributed by atoms with E-state index in [9.17, 15) is 4.79 Å². The molecule has 0 saturated heterocycles. The molecule has 2 aromatic carbocycles. The van der Waals surface area contributed by atoms with Crippen molar-refractivity contribution in [1.82, 2.24) is 15.5 Å². The lowest BCUT2D eigenvalue weighted by Gasteiger charge is -2.20. The van der Waals surface area contributed by atoms with Gasteiger partial charge in [0.1, 0.15) is 0 Å². The van der Waals surface area contributed by atoms with Crippen molar-refractivity contribution in [3.8, 4) is 11.3 Å². The molecule has 0 saturated carbocycles. The zero-order chi connectivity index (χ0) is 20.0. The van der Waals surface area contributed by atoms with Gasteiger partial charge in [0.25, 0.3) is 5.56 Å². The van der Waals surface area contributed by atoms with Crippen LogP contribution in [-0.4, -0.2) is 28.8 Å². The predicted molar refractivity (Wildman–Crippen MR) is 125 cm³/mol. The maximum Gasteiger partial charge on any atom is 0.272 e. The summed E-state index contributed by atoms with van der Waals surface area (Å²) in [4.78, 5) is 12.0. The first-order chi connectivity index (χ1) is 13.4. The molecule has 156 valence electrons. The van der Waals surface area contributed by atoms with Crippen molar-refractivity contribution in [3.05, 3.63) is 58.9 Å². The molecule has 0 aliphatic heterocycles. The quantitative estimate of drug-likeness (QED) is 0.454. The Kier molecular flexibility index (Phi) is 8.23. The summed E-state index contributed by atoms with van der Waals surface area (Å²) in [6, 6.07) is 15.8. The average molecular weight is 415 g/mol. The van der Waals surface area contributed by atoms with E-state index in [4.69, 9.17) is 0 Å². The smallest absolute Gasteiger partial charge is 0.272 e. The summed E-state index contributed by atoms with van der Waals surface area (Å²) in [6.07, 6.45) is 3.52. The molecule has 1 heterocycles. The number of anilines is 1. The zero-order valence-corrected chi connectivity index (χ0v) is 18.2. The van der Waals surface area contributed by atoms with Crippen LogP contribution >= 0.6 is 12.4 Å². The fourth-order valence-corrected chi connectivity index (χ4v) is 3.23. The topological polar surface area (TPSA) is 69.8 Å². The normalized spacial score (nSPS) is 11.3. The Bertz CT molecular complexity index is 978. The molecular formula is C23H31ClN4O. The summed E-state index contributed by atoms with van der Waals surface area (Å²) in [6.45, 7) is 8.59. The molecule has 3 N–H and O–H groups in total. The van der Waals surface area contributed by atoms with Crippen LogP contribution in [0.5, 0.6) is 0 Å². The molecule has 0 aliphatic rings. The molecular weight excluding hydrogens is 384 g/mol. The van der Waals surface area contributed by atoms with E-state index >= 15 is 0 Å². The number of aromatic amines is 1. The summed E-state index contributed by atoms with van der Waals surface area (Å²) in [7, 11) is 0. The van der Waals surface area contributed by atoms with Crippen LogP contribution in [0.1, 0.15) is 40.0 Å². The standard InChI is InChI=1S/C23H30N4O.ClH/c1-23(2,3)25-15-8-4-7-14-24-18-11-9-10-17(16-18)21-19-12-5-6-13-20(19)22(28)27-26-21;/h5-6,9-13,16,24-25H,4,7-8,14-15H2,1-3H3,(H,27,28);1H. The number of unbranched alkanes of at least 4 members (excludes halogenated alkanes) is 2. The number of rotatable bonds is 8. The summed E-state index contributed by atoms with van der Waals surface area (Å²) in [5.41, 5.74) is 2.90. The van der Waals surface area contributed by atoms with E-state index in [1.165, 1.54) is 12.8 Å². The summed E-state index contributed by atoms with van der Waals surface area (Å²) in [5.74, 6) is 0. The van der Waals surface area contributed by atoms with Crippen LogP contribution in [0, 0.1) is 0 Å². The van der Waals surface area contributed by atoms with Crippen LogP contribution in [-0.2, 0) is 0 Å². The first-order valence-electron chi connectivity index (χ1n) is 10.0. The van der Waals surface area contributed by atoms with Gasteiger partial charge in [-0.15, -0.1) is 12.4 Å². The van der Waals surface area contributed by atoms with Crippen LogP contribution in [0.25, 0.3) is 22.0 Å². The molecule has 0 amide bonds. The Hall–Kier alpha value is -2.37. The molecule has 0 unspecified atom stereocenters. The van der Waals surface area contributed by atoms with Gasteiger partial charge in [-0.05, 0) is 58.4 Å². The summed E-state index contributed by atoms with van der Waals surface area (Å²) >= 11 is 0. The average Bonchev–Trinajstić information content (AvgIpc) is 2.67. The fourth-order valence-electron chi connectivity index (χ4n) is 3.23. The van der Waals surface area contributed by atoms with Crippen molar-refractivity contribution in [2.75, 3.05) is 18.4 Å². The second-order valence-corrected chi connectivity index (χ2v) is 8.19. The van der Waals surface area contributed by atoms with Gasteiger partial charge in [-0.25, -0.2) is 5.10 Å². The van der Waals surface area contributed by atoms with Gasteiger partial charge in [0, 0.05) is 28.7 Å². The Labute approximate surface area is 178 Å². The third-order valence-corrected chi connectivity index (χ3v) is 4.67. The molecule has 5 nitrogen and oxygen atoms in total. The lowest BCUT2D eigenvalue weighted by Crippen LogP contribution is -2.36. The van der Waals surface area contributed by atoms with E-state index in [0.717, 1.165) is 41.8 Å². The van der Waals surface area contributed by atoms with E-state index in [1.54, 1.807) is 0 Å². The predicted octanol–water partition coefficient (Wildman–Crippen LogP) is 4.98. The van der Waals surface area contributed by atoms with Crippen LogP contribution in [0.15, 0.2) is 53.3 Å². The van der Waals surface area contributed by atoms with Crippen molar-refractivity contribution in [3.63, 3.8) is 0 Å². The third-order valence-electron chi connectivity index (χ3n) is 4.67. The molecule has 0 fully saturated rings. The second-order valence-electron chi connectivity index (χ2n) is 8.19. The Morgan fingerprint density at radius 2 is 1.66 bits per heavy atom. The summed E-state index contributed by atoms with van der Waals surface area (Å²) < 4.78 is 0. The van der Waals surface area contributed by atoms with Gasteiger partial charge in [0.05, 0.1) is 11.1 Å². The van der Waals surface area contributed by atoms with Gasteiger partial charge in [0.2, 0.25) is 0 Å². The van der Waals surface area contributed by atoms with E-state index < -0.39 is 0 Å². The van der Waals surface area contributed by atoms with Gasteiger partial charge < -0.3 is 10.6 Å². The number of H-pyrrole nitrogens is 1. The Balaban J connectivity index is 0.00000300. The van der Waals surface area contributed by atoms with E-state index in [1.807, 2.05) is 36.4 Å². The molecule has 0 spiro atoms. The molecule has 3 aromatic rings. The lowest BCUT2D eigenvalue weighted by molar-refractivity contribution is 0.418. The molecule has 0 bridgehead atoms. The van der Waals surface area contributed by atoms with Gasteiger partial charge >= 0.3 is 0 Å². The number of hydrogen-bond acceptors (Lipinski definition) is 4. The number of fused-ring (bicyclic) bond motifs is 1. The largest absolute Gasteiger partial charge is 0.385 e. The van der Waals surface area contributed by atoms with Crippen molar-refractivity contribution in [1.29, 1.82) is 0 Å². The first-order valence-corrected chi connectivity index (χ1v) is 10.0. The molecule has 0 aliphatic carbocycles. The minimum atomic E-state index is -0.158. The fraction of sp³-hybridized carbons (Fsp3) is 0.391. The van der Waals surface area contributed by atoms with E-state index in [-0.39, 0.29) is 23.5 Å². The van der Waals surface area contributed by atoms with Crippen LogP contribution < -0.4 is 16.2 Å². The molecule has 0 atom stereocenters. The lowest BCUT2D eigenvalue weighted by atomic mass is 10.0. The molecule has 3 rings (SSSR count). The number of halogens is 1. The highest BCUT2D eigenvalue weighted by atomic mass is 35.5. The van der Waals surface area contributed by atoms with Crippen molar-refractivity contribution < 1.29 is 0 Å². The van der Waals surface area contributed by atoms with Crippen LogP contribution in [0.4, 0.5) is 5.69 Å². The minimum Gasteiger partial charge on any atom is -0.385 e. The van der Waals surface area contributed by atoms with E-state index in [2.05, 4.69) is 53.7 Å². The molecule has 1 aromatic heterocycles. The third kappa shape index (κ3) is 6.58. The summed E-state index contributed by atoms with van der Waals surface area (Å²) in [5, 5.41) is 15.5. The van der Waals surface area contributed by atoms with Crippen molar-refractivity contribution >= 4 is 28.9 Å². The Morgan fingerprint density at radius 3 is 2.41 bits per heavy atom. The maximum atomic E-state index is 12.0. The van der Waals surface area contributed by atoms with E-state index in [0.29, 0.717) is 5.39 Å². The SMILES string of the molecule is CC(C)(C)NCCCCCNc1cccc(-c2n[nH]c(=O)c3ccccc23)c1.Cl. The monoisotopic (exact) mass is 414 g/mol. The number of nitrogens with one attached hydrogen (secondary N) is 3. The first kappa shape index (κ1) is 22.9. The minimum absolute atomic E-state index is 0. The van der Waals surface area contributed by atoms with Crippen LogP contribution in [0.3, 0.4) is 0 Å². The molecule has 29 heavy (non-hydrogen) atoms. The highest BCUT2D eigenvalue weighted by molar-refractivity contribution is 5.94. The maximum absolute atomic E-state index is 12.0. The molecule has 0 radical (unpaired) electrons. The van der Waals surface area contributed by atoms with Crippen molar-refractivity contribution in [2.24, 2.45) is 0 Å². The molecule has 6 heteroatoms. The van der Waals surface area contributed by atoms with Gasteiger partial charge in [-0.2, -0.15) is 5.10 Å².